The minimum Gasteiger partial charge on any atom is -0.273 e. The molecule has 4 rings (SSSR count). The van der Waals surface area contributed by atoms with Gasteiger partial charge in [-0.15, -0.1) is 10.2 Å². The summed E-state index contributed by atoms with van der Waals surface area (Å²) in [5.41, 5.74) is 8.49. The number of rotatable bonds is 9. The SMILES string of the molecule is Cc1cc(C)nc(SCc2nnc(SCC(=O)NNC(=O)Cc3ccccc3)n2-c2ccccc2)n1. The van der Waals surface area contributed by atoms with E-state index < -0.39 is 0 Å². The Morgan fingerprint density at radius 3 is 2.17 bits per heavy atom. The standard InChI is InChI=1S/C25H25N7O2S2/c1-17-13-18(2)27-24(26-17)35-15-21-28-31-25(32(21)20-11-7-4-8-12-20)36-16-23(34)30-29-22(33)14-19-9-5-3-6-10-19/h3-13H,14-16H2,1-2H3,(H,29,33)(H,30,34). The van der Waals surface area contributed by atoms with Crippen LogP contribution in [0.4, 0.5) is 0 Å². The van der Waals surface area contributed by atoms with Crippen LogP contribution < -0.4 is 10.9 Å². The van der Waals surface area contributed by atoms with Gasteiger partial charge in [-0.2, -0.15) is 0 Å². The molecule has 0 saturated carbocycles. The fraction of sp³-hybridized carbons (Fsp3) is 0.200. The van der Waals surface area contributed by atoms with Gasteiger partial charge < -0.3 is 0 Å². The Hall–Kier alpha value is -3.70. The topological polar surface area (TPSA) is 115 Å². The second-order valence-electron chi connectivity index (χ2n) is 7.84. The number of carbonyl (C=O) groups excluding carboxylic acids is 2. The van der Waals surface area contributed by atoms with Crippen molar-refractivity contribution in [1.29, 1.82) is 0 Å². The van der Waals surface area contributed by atoms with Crippen LogP contribution in [0.15, 0.2) is 77.0 Å². The molecule has 0 fully saturated rings. The van der Waals surface area contributed by atoms with Gasteiger partial charge in [-0.05, 0) is 37.6 Å². The average Bonchev–Trinajstić information content (AvgIpc) is 3.28. The molecule has 2 amide bonds. The number of aromatic nitrogens is 5. The molecular formula is C25H25N7O2S2. The van der Waals surface area contributed by atoms with E-state index in [1.807, 2.05) is 85.1 Å². The maximum Gasteiger partial charge on any atom is 0.248 e. The van der Waals surface area contributed by atoms with Crippen LogP contribution in [0.2, 0.25) is 0 Å². The number of hydrazine groups is 1. The lowest BCUT2D eigenvalue weighted by atomic mass is 10.1. The lowest BCUT2D eigenvalue weighted by molar-refractivity contribution is -0.127. The van der Waals surface area contributed by atoms with Crippen molar-refractivity contribution in [2.24, 2.45) is 0 Å². The second-order valence-corrected chi connectivity index (χ2v) is 9.72. The second kappa shape index (κ2) is 12.3. The summed E-state index contributed by atoms with van der Waals surface area (Å²) in [6.07, 6.45) is 0.182. The Bertz CT molecular complexity index is 1310. The molecule has 0 bridgehead atoms. The first kappa shape index (κ1) is 25.4. The number of nitrogens with one attached hydrogen (secondary N) is 2. The molecular weight excluding hydrogens is 494 g/mol. The highest BCUT2D eigenvalue weighted by molar-refractivity contribution is 7.99. The highest BCUT2D eigenvalue weighted by atomic mass is 32.2. The van der Waals surface area contributed by atoms with E-state index in [9.17, 15) is 9.59 Å². The Labute approximate surface area is 217 Å². The molecule has 9 nitrogen and oxygen atoms in total. The van der Waals surface area contributed by atoms with Crippen molar-refractivity contribution in [3.05, 3.63) is 89.5 Å². The quantitative estimate of drug-likeness (QED) is 0.196. The third kappa shape index (κ3) is 7.15. The Balaban J connectivity index is 1.39. The van der Waals surface area contributed by atoms with Crippen molar-refractivity contribution in [3.63, 3.8) is 0 Å². The van der Waals surface area contributed by atoms with Crippen molar-refractivity contribution < 1.29 is 9.59 Å². The highest BCUT2D eigenvalue weighted by Gasteiger charge is 2.17. The van der Waals surface area contributed by atoms with Gasteiger partial charge in [0, 0.05) is 17.1 Å². The number of hydrogen-bond acceptors (Lipinski definition) is 8. The first-order chi connectivity index (χ1) is 17.5. The summed E-state index contributed by atoms with van der Waals surface area (Å²) in [6, 6.07) is 21.0. The molecule has 2 aromatic heterocycles. The van der Waals surface area contributed by atoms with Crippen LogP contribution in [0.1, 0.15) is 22.8 Å². The Kier molecular flexibility index (Phi) is 8.69. The van der Waals surface area contributed by atoms with E-state index in [1.54, 1.807) is 0 Å². The van der Waals surface area contributed by atoms with E-state index in [2.05, 4.69) is 31.0 Å². The van der Waals surface area contributed by atoms with Crippen molar-refractivity contribution in [3.8, 4) is 5.69 Å². The molecule has 2 N–H and O–H groups in total. The summed E-state index contributed by atoms with van der Waals surface area (Å²) in [7, 11) is 0. The maximum atomic E-state index is 12.4. The van der Waals surface area contributed by atoms with Crippen LogP contribution in [0.3, 0.4) is 0 Å². The van der Waals surface area contributed by atoms with E-state index in [-0.39, 0.29) is 24.0 Å². The number of para-hydroxylation sites is 1. The summed E-state index contributed by atoms with van der Waals surface area (Å²) >= 11 is 2.72. The predicted octanol–water partition coefficient (Wildman–Crippen LogP) is 3.45. The van der Waals surface area contributed by atoms with Gasteiger partial charge in [0.2, 0.25) is 11.8 Å². The molecule has 4 aromatic rings. The fourth-order valence-corrected chi connectivity index (χ4v) is 4.97. The smallest absolute Gasteiger partial charge is 0.248 e. The van der Waals surface area contributed by atoms with E-state index in [0.29, 0.717) is 21.9 Å². The minimum atomic E-state index is -0.344. The van der Waals surface area contributed by atoms with E-state index in [1.165, 1.54) is 23.5 Å². The largest absolute Gasteiger partial charge is 0.273 e. The van der Waals surface area contributed by atoms with Gasteiger partial charge >= 0.3 is 0 Å². The minimum absolute atomic E-state index is 0.0594. The maximum absolute atomic E-state index is 12.4. The number of hydrogen-bond donors (Lipinski definition) is 2. The van der Waals surface area contributed by atoms with Crippen LogP contribution in [-0.4, -0.2) is 42.3 Å². The molecule has 0 aliphatic heterocycles. The third-order valence-corrected chi connectivity index (χ3v) is 6.66. The summed E-state index contributed by atoms with van der Waals surface area (Å²) < 4.78 is 1.92. The zero-order valence-corrected chi connectivity index (χ0v) is 21.5. The number of amides is 2. The fourth-order valence-electron chi connectivity index (χ4n) is 3.34. The van der Waals surface area contributed by atoms with Gasteiger partial charge in [-0.1, -0.05) is 72.1 Å². The van der Waals surface area contributed by atoms with Gasteiger partial charge in [0.25, 0.3) is 0 Å². The first-order valence-corrected chi connectivity index (χ1v) is 13.1. The molecule has 0 atom stereocenters. The van der Waals surface area contributed by atoms with Crippen LogP contribution in [0.25, 0.3) is 5.69 Å². The van der Waals surface area contributed by atoms with Crippen LogP contribution in [0, 0.1) is 13.8 Å². The molecule has 184 valence electrons. The van der Waals surface area contributed by atoms with Crippen molar-refractivity contribution >= 4 is 35.3 Å². The first-order valence-electron chi connectivity index (χ1n) is 11.2. The van der Waals surface area contributed by atoms with Gasteiger partial charge in [0.1, 0.15) is 5.82 Å². The normalized spacial score (nSPS) is 10.7. The Morgan fingerprint density at radius 2 is 1.47 bits per heavy atom. The summed E-state index contributed by atoms with van der Waals surface area (Å²) in [5, 5.41) is 9.93. The van der Waals surface area contributed by atoms with E-state index in [4.69, 9.17) is 0 Å². The number of aryl methyl sites for hydroxylation is 2. The molecule has 36 heavy (non-hydrogen) atoms. The van der Waals surface area contributed by atoms with Crippen LogP contribution in [0.5, 0.6) is 0 Å². The zero-order chi connectivity index (χ0) is 25.3. The van der Waals surface area contributed by atoms with Gasteiger partial charge in [0.15, 0.2) is 10.3 Å². The lowest BCUT2D eigenvalue weighted by Gasteiger charge is -2.10. The highest BCUT2D eigenvalue weighted by Crippen LogP contribution is 2.26. The molecule has 2 aromatic carbocycles. The summed E-state index contributed by atoms with van der Waals surface area (Å²) in [5.74, 6) is 0.647. The monoisotopic (exact) mass is 519 g/mol. The number of nitrogens with zero attached hydrogens (tertiary/aromatic N) is 5. The predicted molar refractivity (Wildman–Crippen MR) is 140 cm³/mol. The molecule has 0 aliphatic carbocycles. The molecule has 2 heterocycles. The molecule has 0 spiro atoms. The van der Waals surface area contributed by atoms with E-state index in [0.717, 1.165) is 22.6 Å². The van der Waals surface area contributed by atoms with E-state index >= 15 is 0 Å². The van der Waals surface area contributed by atoms with Gasteiger partial charge in [-0.25, -0.2) is 9.97 Å². The lowest BCUT2D eigenvalue weighted by Crippen LogP contribution is -2.43. The van der Waals surface area contributed by atoms with Crippen molar-refractivity contribution in [2.75, 3.05) is 5.75 Å². The van der Waals surface area contributed by atoms with Crippen LogP contribution in [-0.2, 0) is 21.8 Å². The number of benzene rings is 2. The Morgan fingerprint density at radius 1 is 0.833 bits per heavy atom. The third-order valence-electron chi connectivity index (χ3n) is 4.89. The van der Waals surface area contributed by atoms with Crippen molar-refractivity contribution in [1.82, 2.24) is 35.6 Å². The molecule has 0 aliphatic rings. The molecule has 0 unspecified atom stereocenters. The van der Waals surface area contributed by atoms with Gasteiger partial charge in [-0.3, -0.25) is 25.0 Å². The van der Waals surface area contributed by atoms with Crippen molar-refractivity contribution in [2.45, 2.75) is 36.3 Å². The number of carbonyl (C=O) groups is 2. The zero-order valence-electron chi connectivity index (χ0n) is 19.8. The summed E-state index contributed by atoms with van der Waals surface area (Å²) in [6.45, 7) is 3.88. The van der Waals surface area contributed by atoms with Crippen LogP contribution >= 0.6 is 23.5 Å². The number of thioether (sulfide) groups is 2. The summed E-state index contributed by atoms with van der Waals surface area (Å²) in [4.78, 5) is 33.4. The van der Waals surface area contributed by atoms with Gasteiger partial charge in [0.05, 0.1) is 17.9 Å². The average molecular weight is 520 g/mol. The molecule has 0 radical (unpaired) electrons. The molecule has 11 heteroatoms. The molecule has 0 saturated heterocycles.